The molecular weight excluding hydrogens is 232 g/mol. The third kappa shape index (κ3) is 3.54. The molecule has 0 spiro atoms. The van der Waals surface area contributed by atoms with E-state index in [9.17, 15) is 0 Å². The Kier molecular flexibility index (Phi) is 4.12. The van der Waals surface area contributed by atoms with Gasteiger partial charge in [-0.3, -0.25) is 0 Å². The van der Waals surface area contributed by atoms with Gasteiger partial charge in [0.25, 0.3) is 0 Å². The van der Waals surface area contributed by atoms with Gasteiger partial charge < -0.3 is 10.1 Å². The molecule has 0 saturated heterocycles. The van der Waals surface area contributed by atoms with Gasteiger partial charge in [0, 0.05) is 18.2 Å². The molecule has 17 heavy (non-hydrogen) atoms. The molecule has 3 nitrogen and oxygen atoms in total. The van der Waals surface area contributed by atoms with E-state index in [1.807, 2.05) is 13.0 Å². The van der Waals surface area contributed by atoms with Crippen LogP contribution in [0.4, 0.5) is 5.69 Å². The van der Waals surface area contributed by atoms with Gasteiger partial charge in [0.15, 0.2) is 0 Å². The number of benzene rings is 1. The van der Waals surface area contributed by atoms with Crippen LogP contribution in [-0.2, 0) is 17.9 Å². The molecule has 0 atom stereocenters. The number of thiazole rings is 1. The summed E-state index contributed by atoms with van der Waals surface area (Å²) in [6.07, 6.45) is 0. The van der Waals surface area contributed by atoms with Gasteiger partial charge >= 0.3 is 0 Å². The molecule has 90 valence electrons. The molecule has 0 bridgehead atoms. The van der Waals surface area contributed by atoms with E-state index in [-0.39, 0.29) is 0 Å². The maximum Gasteiger partial charge on any atom is 0.0898 e. The molecule has 0 aliphatic heterocycles. The monoisotopic (exact) mass is 248 g/mol. The number of hydrogen-bond acceptors (Lipinski definition) is 4. The summed E-state index contributed by atoms with van der Waals surface area (Å²) in [5.74, 6) is 0. The lowest BCUT2D eigenvalue weighted by Gasteiger charge is -2.06. The number of hydrogen-bond donors (Lipinski definition) is 1. The van der Waals surface area contributed by atoms with Gasteiger partial charge in [-0.2, -0.15) is 0 Å². The molecule has 0 unspecified atom stereocenters. The van der Waals surface area contributed by atoms with Crippen molar-refractivity contribution in [3.05, 3.63) is 45.9 Å². The van der Waals surface area contributed by atoms with Crippen LogP contribution in [0.5, 0.6) is 0 Å². The third-order valence-electron chi connectivity index (χ3n) is 2.38. The Hall–Kier alpha value is -1.39. The molecule has 4 heteroatoms. The van der Waals surface area contributed by atoms with Crippen molar-refractivity contribution < 1.29 is 4.74 Å². The number of ether oxygens (including phenoxy) is 1. The highest BCUT2D eigenvalue weighted by Gasteiger charge is 1.99. The van der Waals surface area contributed by atoms with Gasteiger partial charge in [0.05, 0.1) is 23.9 Å². The molecule has 1 heterocycles. The second-order valence-corrected chi connectivity index (χ2v) is 4.91. The Labute approximate surface area is 105 Å². The lowest BCUT2D eigenvalue weighted by molar-refractivity contribution is 0.185. The van der Waals surface area contributed by atoms with Crippen LogP contribution in [-0.4, -0.2) is 12.1 Å². The van der Waals surface area contributed by atoms with Crippen molar-refractivity contribution >= 4 is 17.0 Å². The largest absolute Gasteiger partial charge is 0.380 e. The molecule has 0 saturated carbocycles. The number of aryl methyl sites for hydroxylation is 1. The van der Waals surface area contributed by atoms with E-state index in [0.717, 1.165) is 22.9 Å². The van der Waals surface area contributed by atoms with Crippen LogP contribution in [0.25, 0.3) is 0 Å². The lowest BCUT2D eigenvalue weighted by Crippen LogP contribution is -2.00. The van der Waals surface area contributed by atoms with Crippen LogP contribution in [0, 0.1) is 6.92 Å². The number of rotatable bonds is 5. The first-order valence-electron chi connectivity index (χ1n) is 5.50. The lowest BCUT2D eigenvalue weighted by atomic mass is 10.2. The van der Waals surface area contributed by atoms with Gasteiger partial charge in [-0.25, -0.2) is 4.98 Å². The summed E-state index contributed by atoms with van der Waals surface area (Å²) >= 11 is 1.68. The maximum atomic E-state index is 5.11. The normalized spacial score (nSPS) is 10.5. The van der Waals surface area contributed by atoms with E-state index < -0.39 is 0 Å². The second-order valence-electron chi connectivity index (χ2n) is 3.84. The Morgan fingerprint density at radius 3 is 3.00 bits per heavy atom. The van der Waals surface area contributed by atoms with E-state index >= 15 is 0 Å². The topological polar surface area (TPSA) is 34.1 Å². The Balaban J connectivity index is 1.96. The van der Waals surface area contributed by atoms with Crippen molar-refractivity contribution in [2.75, 3.05) is 12.4 Å². The van der Waals surface area contributed by atoms with Gasteiger partial charge in [-0.05, 0) is 24.6 Å². The van der Waals surface area contributed by atoms with Crippen molar-refractivity contribution in [3.8, 4) is 0 Å². The molecule has 1 aromatic heterocycles. The van der Waals surface area contributed by atoms with Gasteiger partial charge in [-0.15, -0.1) is 11.3 Å². The first-order valence-corrected chi connectivity index (χ1v) is 6.38. The zero-order valence-electron chi connectivity index (χ0n) is 10.1. The van der Waals surface area contributed by atoms with Gasteiger partial charge in [0.2, 0.25) is 0 Å². The van der Waals surface area contributed by atoms with E-state index in [1.165, 1.54) is 5.56 Å². The quantitative estimate of drug-likeness (QED) is 0.882. The first kappa shape index (κ1) is 12.1. The predicted molar refractivity (Wildman–Crippen MR) is 71.3 cm³/mol. The summed E-state index contributed by atoms with van der Waals surface area (Å²) in [6.45, 7) is 3.43. The first-order chi connectivity index (χ1) is 8.28. The van der Waals surface area contributed by atoms with Crippen LogP contribution in [0.2, 0.25) is 0 Å². The highest BCUT2D eigenvalue weighted by molar-refractivity contribution is 7.09. The smallest absolute Gasteiger partial charge is 0.0898 e. The van der Waals surface area contributed by atoms with Crippen LogP contribution < -0.4 is 5.32 Å². The zero-order valence-corrected chi connectivity index (χ0v) is 10.9. The fourth-order valence-electron chi connectivity index (χ4n) is 1.62. The van der Waals surface area contributed by atoms with E-state index in [1.54, 1.807) is 18.4 Å². The van der Waals surface area contributed by atoms with Crippen molar-refractivity contribution in [2.45, 2.75) is 20.1 Å². The average Bonchev–Trinajstić information content (AvgIpc) is 2.74. The summed E-state index contributed by atoms with van der Waals surface area (Å²) in [7, 11) is 1.71. The van der Waals surface area contributed by atoms with Gasteiger partial charge in [0.1, 0.15) is 0 Å². The maximum absolute atomic E-state index is 5.11. The molecule has 2 rings (SSSR count). The molecule has 0 aliphatic rings. The van der Waals surface area contributed by atoms with Crippen molar-refractivity contribution in [2.24, 2.45) is 0 Å². The third-order valence-corrected chi connectivity index (χ3v) is 3.20. The average molecular weight is 248 g/mol. The standard InChI is InChI=1S/C13H16N2OS/c1-10-15-13(9-17-10)7-14-12-5-3-4-11(6-12)8-16-2/h3-6,9,14H,7-8H2,1-2H3. The zero-order chi connectivity index (χ0) is 12.1. The number of nitrogens with zero attached hydrogens (tertiary/aromatic N) is 1. The minimum atomic E-state index is 0.644. The summed E-state index contributed by atoms with van der Waals surface area (Å²) in [6, 6.07) is 8.24. The molecular formula is C13H16N2OS. The molecule has 0 radical (unpaired) electrons. The Morgan fingerprint density at radius 1 is 1.41 bits per heavy atom. The highest BCUT2D eigenvalue weighted by atomic mass is 32.1. The Morgan fingerprint density at radius 2 is 2.29 bits per heavy atom. The van der Waals surface area contributed by atoms with Crippen molar-refractivity contribution in [1.82, 2.24) is 4.98 Å². The van der Waals surface area contributed by atoms with E-state index in [2.05, 4.69) is 33.9 Å². The number of anilines is 1. The van der Waals surface area contributed by atoms with Crippen LogP contribution in [0.1, 0.15) is 16.3 Å². The van der Waals surface area contributed by atoms with E-state index in [4.69, 9.17) is 4.74 Å². The van der Waals surface area contributed by atoms with Crippen molar-refractivity contribution in [1.29, 1.82) is 0 Å². The summed E-state index contributed by atoms with van der Waals surface area (Å²) in [5, 5.41) is 6.55. The number of aromatic nitrogens is 1. The SMILES string of the molecule is COCc1cccc(NCc2csc(C)n2)c1. The number of methoxy groups -OCH3 is 1. The molecule has 0 fully saturated rings. The minimum Gasteiger partial charge on any atom is -0.380 e. The fraction of sp³-hybridized carbons (Fsp3) is 0.308. The summed E-state index contributed by atoms with van der Waals surface area (Å²) in [5.41, 5.74) is 3.36. The van der Waals surface area contributed by atoms with Crippen molar-refractivity contribution in [3.63, 3.8) is 0 Å². The molecule has 1 aromatic carbocycles. The second kappa shape index (κ2) is 5.80. The summed E-state index contributed by atoms with van der Waals surface area (Å²) < 4.78 is 5.11. The van der Waals surface area contributed by atoms with Crippen LogP contribution >= 0.6 is 11.3 Å². The molecule has 0 amide bonds. The van der Waals surface area contributed by atoms with E-state index in [0.29, 0.717) is 6.61 Å². The molecule has 1 N–H and O–H groups in total. The molecule has 2 aromatic rings. The number of nitrogens with one attached hydrogen (secondary N) is 1. The highest BCUT2D eigenvalue weighted by Crippen LogP contribution is 2.14. The predicted octanol–water partition coefficient (Wildman–Crippen LogP) is 3.21. The van der Waals surface area contributed by atoms with Gasteiger partial charge in [-0.1, -0.05) is 12.1 Å². The van der Waals surface area contributed by atoms with Crippen LogP contribution in [0.3, 0.4) is 0 Å². The molecule has 0 aliphatic carbocycles. The fourth-order valence-corrected chi connectivity index (χ4v) is 2.23. The summed E-state index contributed by atoms with van der Waals surface area (Å²) in [4.78, 5) is 4.42. The van der Waals surface area contributed by atoms with Crippen LogP contribution in [0.15, 0.2) is 29.6 Å². The Bertz CT molecular complexity index is 482. The minimum absolute atomic E-state index is 0.644.